The topological polar surface area (TPSA) is 115 Å². The van der Waals surface area contributed by atoms with Crippen LogP contribution in [-0.2, 0) is 6.54 Å². The molecule has 1 aliphatic rings. The first kappa shape index (κ1) is 22.9. The molecule has 0 saturated carbocycles. The highest BCUT2D eigenvalue weighted by molar-refractivity contribution is 5.83. The Hall–Kier alpha value is -2.78. The Morgan fingerprint density at radius 2 is 1.71 bits per heavy atom. The largest absolute Gasteiger partial charge is 0.398 e. The van der Waals surface area contributed by atoms with Crippen LogP contribution in [0.4, 0.5) is 29.0 Å². The molecule has 3 rings (SSSR count). The molecule has 1 atom stereocenters. The number of para-hydroxylation sites is 1. The fourth-order valence-corrected chi connectivity index (χ4v) is 3.43. The van der Waals surface area contributed by atoms with Gasteiger partial charge in [0.2, 0.25) is 5.95 Å². The summed E-state index contributed by atoms with van der Waals surface area (Å²) >= 11 is 0. The lowest BCUT2D eigenvalue weighted by Gasteiger charge is -2.27. The van der Waals surface area contributed by atoms with Crippen molar-refractivity contribution < 1.29 is 5.11 Å². The summed E-state index contributed by atoms with van der Waals surface area (Å²) < 4.78 is 0. The van der Waals surface area contributed by atoms with E-state index in [1.165, 1.54) is 0 Å². The summed E-state index contributed by atoms with van der Waals surface area (Å²) in [5.41, 5.74) is 12.2. The lowest BCUT2D eigenvalue weighted by molar-refractivity contribution is 0.248. The molecule has 0 radical (unpaired) electrons. The predicted molar refractivity (Wildman–Crippen MR) is 128 cm³/mol. The van der Waals surface area contributed by atoms with Gasteiger partial charge in [-0.3, -0.25) is 10.0 Å². The van der Waals surface area contributed by atoms with Crippen molar-refractivity contribution in [2.24, 2.45) is 5.92 Å². The van der Waals surface area contributed by atoms with E-state index < -0.39 is 0 Å². The zero-order valence-electron chi connectivity index (χ0n) is 19.3. The summed E-state index contributed by atoms with van der Waals surface area (Å²) in [6, 6.07) is 8.03. The number of hydrogen-bond donors (Lipinski definition) is 5. The van der Waals surface area contributed by atoms with Gasteiger partial charge in [0.1, 0.15) is 5.69 Å². The number of anilines is 5. The maximum atomic E-state index is 9.78. The van der Waals surface area contributed by atoms with E-state index >= 15 is 0 Å². The standard InChI is InChI=1S/C22H36N8O/c1-13(2)18(12-31)25-22-26-20(24-11-16-9-7-8-10-17(16)23)19-21(27-22)30(15(5)6)28-29(19)14(3)4/h7-10,13-15,18,28,31H,11-12,23H2,1-6H3,(H2,24,25,26,27)/t18-/m0/s1. The van der Waals surface area contributed by atoms with Crippen molar-refractivity contribution in [2.45, 2.75) is 66.2 Å². The van der Waals surface area contributed by atoms with E-state index in [2.05, 4.69) is 62.7 Å². The van der Waals surface area contributed by atoms with Crippen LogP contribution < -0.4 is 31.9 Å². The number of nitrogen functional groups attached to an aromatic ring is 1. The molecule has 0 unspecified atom stereocenters. The summed E-state index contributed by atoms with van der Waals surface area (Å²) in [6.45, 7) is 13.1. The van der Waals surface area contributed by atoms with Gasteiger partial charge in [-0.25, -0.2) is 0 Å². The SMILES string of the molecule is CC(C)[C@H](CO)Nc1nc(NCc2ccccc2N)c2c(n1)N(C(C)C)NN2C(C)C. The van der Waals surface area contributed by atoms with Crippen molar-refractivity contribution >= 4 is 29.0 Å². The maximum absolute atomic E-state index is 9.78. The summed E-state index contributed by atoms with van der Waals surface area (Å²) in [5.74, 6) is 2.22. The molecule has 1 aromatic heterocycles. The second-order valence-electron chi connectivity index (χ2n) is 8.83. The van der Waals surface area contributed by atoms with Crippen LogP contribution in [0.5, 0.6) is 0 Å². The van der Waals surface area contributed by atoms with Crippen LogP contribution >= 0.6 is 0 Å². The van der Waals surface area contributed by atoms with Gasteiger partial charge in [-0.15, -0.1) is 5.53 Å². The number of hydrogen-bond acceptors (Lipinski definition) is 9. The van der Waals surface area contributed by atoms with Crippen molar-refractivity contribution in [2.75, 3.05) is 33.0 Å². The van der Waals surface area contributed by atoms with Crippen LogP contribution in [0.3, 0.4) is 0 Å². The Bertz CT molecular complexity index is 886. The zero-order valence-corrected chi connectivity index (χ0v) is 19.3. The molecule has 1 aromatic carbocycles. The number of nitrogens with zero attached hydrogens (tertiary/aromatic N) is 4. The predicted octanol–water partition coefficient (Wildman–Crippen LogP) is 2.96. The van der Waals surface area contributed by atoms with E-state index in [4.69, 9.17) is 15.7 Å². The number of hydrazine groups is 2. The van der Waals surface area contributed by atoms with E-state index in [0.717, 1.165) is 22.8 Å². The Labute approximate surface area is 185 Å². The third-order valence-corrected chi connectivity index (χ3v) is 5.40. The minimum atomic E-state index is -0.140. The first-order valence-electron chi connectivity index (χ1n) is 10.9. The van der Waals surface area contributed by atoms with Gasteiger partial charge in [0, 0.05) is 24.3 Å². The fraction of sp³-hybridized carbons (Fsp3) is 0.545. The van der Waals surface area contributed by atoms with Gasteiger partial charge in [0.05, 0.1) is 12.6 Å². The van der Waals surface area contributed by atoms with Crippen molar-refractivity contribution in [3.8, 4) is 0 Å². The van der Waals surface area contributed by atoms with Gasteiger partial charge in [0.15, 0.2) is 11.6 Å². The number of aromatic nitrogens is 2. The Morgan fingerprint density at radius 3 is 2.29 bits per heavy atom. The number of nitrogens with two attached hydrogens (primary N) is 1. The van der Waals surface area contributed by atoms with Gasteiger partial charge >= 0.3 is 0 Å². The third-order valence-electron chi connectivity index (χ3n) is 5.40. The van der Waals surface area contributed by atoms with Gasteiger partial charge in [0.25, 0.3) is 0 Å². The molecule has 0 bridgehead atoms. The van der Waals surface area contributed by atoms with E-state index in [1.807, 2.05) is 29.3 Å². The Morgan fingerprint density at radius 1 is 1.03 bits per heavy atom. The Kier molecular flexibility index (Phi) is 7.07. The quantitative estimate of drug-likeness (QED) is 0.385. The molecule has 0 saturated heterocycles. The molecule has 0 spiro atoms. The number of fused-ring (bicyclic) bond motifs is 1. The zero-order chi connectivity index (χ0) is 22.7. The van der Waals surface area contributed by atoms with Gasteiger partial charge in [-0.2, -0.15) is 9.97 Å². The van der Waals surface area contributed by atoms with Crippen LogP contribution in [0.25, 0.3) is 0 Å². The molecule has 9 nitrogen and oxygen atoms in total. The molecule has 31 heavy (non-hydrogen) atoms. The number of benzene rings is 1. The molecule has 1 aliphatic heterocycles. The molecule has 170 valence electrons. The minimum Gasteiger partial charge on any atom is -0.398 e. The number of nitrogens with one attached hydrogen (secondary N) is 3. The van der Waals surface area contributed by atoms with Crippen molar-refractivity contribution in [3.63, 3.8) is 0 Å². The molecule has 0 fully saturated rings. The van der Waals surface area contributed by atoms with Gasteiger partial charge in [-0.05, 0) is 45.2 Å². The number of aliphatic hydroxyl groups is 1. The third kappa shape index (κ3) is 4.94. The highest BCUT2D eigenvalue weighted by atomic mass is 16.3. The molecule has 2 heterocycles. The minimum absolute atomic E-state index is 0.00564. The van der Waals surface area contributed by atoms with Gasteiger partial charge < -0.3 is 21.5 Å². The Balaban J connectivity index is 2.03. The summed E-state index contributed by atoms with van der Waals surface area (Å²) in [7, 11) is 0. The fourth-order valence-electron chi connectivity index (χ4n) is 3.43. The number of rotatable bonds is 9. The number of aliphatic hydroxyl groups excluding tert-OH is 1. The lowest BCUT2D eigenvalue weighted by atomic mass is 10.1. The lowest BCUT2D eigenvalue weighted by Crippen LogP contribution is -2.50. The monoisotopic (exact) mass is 428 g/mol. The highest BCUT2D eigenvalue weighted by Gasteiger charge is 2.35. The second kappa shape index (κ2) is 9.57. The van der Waals surface area contributed by atoms with E-state index in [-0.39, 0.29) is 30.7 Å². The average Bonchev–Trinajstić information content (AvgIpc) is 3.11. The summed E-state index contributed by atoms with van der Waals surface area (Å²) in [6.07, 6.45) is 0. The smallest absolute Gasteiger partial charge is 0.227 e. The van der Waals surface area contributed by atoms with Crippen LogP contribution in [0.15, 0.2) is 24.3 Å². The molecule has 6 N–H and O–H groups in total. The van der Waals surface area contributed by atoms with Crippen molar-refractivity contribution in [1.29, 1.82) is 0 Å². The van der Waals surface area contributed by atoms with E-state index in [0.29, 0.717) is 18.3 Å². The van der Waals surface area contributed by atoms with Gasteiger partial charge in [-0.1, -0.05) is 32.0 Å². The molecule has 9 heteroatoms. The molecule has 2 aromatic rings. The molecule has 0 amide bonds. The summed E-state index contributed by atoms with van der Waals surface area (Å²) in [4.78, 5) is 9.61. The van der Waals surface area contributed by atoms with Crippen LogP contribution in [0, 0.1) is 5.92 Å². The second-order valence-corrected chi connectivity index (χ2v) is 8.83. The first-order valence-corrected chi connectivity index (χ1v) is 10.9. The molecule has 0 aliphatic carbocycles. The molecular formula is C22H36N8O. The first-order chi connectivity index (χ1) is 14.7. The summed E-state index contributed by atoms with van der Waals surface area (Å²) in [5, 5.41) is 20.7. The van der Waals surface area contributed by atoms with E-state index in [1.54, 1.807) is 0 Å². The van der Waals surface area contributed by atoms with Crippen LogP contribution in [-0.4, -0.2) is 39.8 Å². The van der Waals surface area contributed by atoms with E-state index in [9.17, 15) is 5.11 Å². The molecular weight excluding hydrogens is 392 g/mol. The highest BCUT2D eigenvalue weighted by Crippen LogP contribution is 2.40. The van der Waals surface area contributed by atoms with Crippen molar-refractivity contribution in [1.82, 2.24) is 15.5 Å². The van der Waals surface area contributed by atoms with Crippen LogP contribution in [0.1, 0.15) is 47.1 Å². The normalized spacial score (nSPS) is 14.5. The maximum Gasteiger partial charge on any atom is 0.227 e. The van der Waals surface area contributed by atoms with Crippen molar-refractivity contribution in [3.05, 3.63) is 29.8 Å². The average molecular weight is 429 g/mol. The van der Waals surface area contributed by atoms with Crippen LogP contribution in [0.2, 0.25) is 0 Å².